The Morgan fingerprint density at radius 2 is 1.62 bits per heavy atom. The molecular weight excluding hydrogens is 312 g/mol. The molecule has 3 aromatic rings. The van der Waals surface area contributed by atoms with Crippen molar-refractivity contribution in [3.8, 4) is 16.9 Å². The quantitative estimate of drug-likeness (QED) is 0.729. The number of pyridine rings is 1. The molecule has 0 saturated carbocycles. The van der Waals surface area contributed by atoms with E-state index < -0.39 is 11.6 Å². The zero-order valence-corrected chi connectivity index (χ0v) is 13.0. The molecule has 0 aliphatic carbocycles. The molecule has 2 aromatic carbocycles. The molecule has 0 spiro atoms. The molecule has 122 valence electrons. The summed E-state index contributed by atoms with van der Waals surface area (Å²) in [4.78, 5) is 12.0. The summed E-state index contributed by atoms with van der Waals surface area (Å²) in [6.07, 6.45) is 1.70. The Morgan fingerprint density at radius 3 is 2.29 bits per heavy atom. The fourth-order valence-corrected chi connectivity index (χ4v) is 2.44. The lowest BCUT2D eigenvalue weighted by molar-refractivity contribution is 0.415. The number of hydrogen-bond donors (Lipinski definition) is 0. The first-order chi connectivity index (χ1) is 11.6. The highest BCUT2D eigenvalue weighted by Crippen LogP contribution is 2.21. The predicted molar refractivity (Wildman–Crippen MR) is 88.2 cm³/mol. The molecule has 0 unspecified atom stereocenters. The molecule has 0 radical (unpaired) electrons. The molecule has 1 aromatic heterocycles. The Labute approximate surface area is 137 Å². The van der Waals surface area contributed by atoms with Crippen LogP contribution in [0.2, 0.25) is 0 Å². The average molecular weight is 327 g/mol. The van der Waals surface area contributed by atoms with Gasteiger partial charge in [-0.2, -0.15) is 0 Å². The van der Waals surface area contributed by atoms with Gasteiger partial charge in [-0.25, -0.2) is 8.78 Å². The number of halogens is 2. The zero-order valence-electron chi connectivity index (χ0n) is 13.0. The van der Waals surface area contributed by atoms with E-state index in [4.69, 9.17) is 4.74 Å². The van der Waals surface area contributed by atoms with Crippen LogP contribution in [0.4, 0.5) is 8.78 Å². The molecule has 1 heterocycles. The summed E-state index contributed by atoms with van der Waals surface area (Å²) in [6.45, 7) is 0.167. The summed E-state index contributed by atoms with van der Waals surface area (Å²) in [5.41, 5.74) is 2.08. The van der Waals surface area contributed by atoms with Crippen molar-refractivity contribution in [3.05, 3.63) is 88.3 Å². The van der Waals surface area contributed by atoms with E-state index in [1.165, 1.54) is 16.7 Å². The summed E-state index contributed by atoms with van der Waals surface area (Å²) in [5, 5.41) is 0. The van der Waals surface area contributed by atoms with Crippen LogP contribution in [0.3, 0.4) is 0 Å². The first-order valence-corrected chi connectivity index (χ1v) is 7.35. The van der Waals surface area contributed by atoms with Crippen LogP contribution in [-0.4, -0.2) is 11.7 Å². The molecule has 5 heteroatoms. The zero-order chi connectivity index (χ0) is 17.1. The number of benzene rings is 2. The Hall–Kier alpha value is -2.95. The van der Waals surface area contributed by atoms with Crippen LogP contribution < -0.4 is 10.3 Å². The fourth-order valence-electron chi connectivity index (χ4n) is 2.44. The second kappa shape index (κ2) is 6.66. The lowest BCUT2D eigenvalue weighted by atomic mass is 10.1. The molecule has 24 heavy (non-hydrogen) atoms. The second-order valence-electron chi connectivity index (χ2n) is 5.36. The summed E-state index contributed by atoms with van der Waals surface area (Å²) in [5.74, 6) is -1.08. The van der Waals surface area contributed by atoms with Gasteiger partial charge in [0.1, 0.15) is 5.75 Å². The summed E-state index contributed by atoms with van der Waals surface area (Å²) < 4.78 is 32.9. The molecule has 0 fully saturated rings. The Kier molecular flexibility index (Phi) is 4.42. The highest BCUT2D eigenvalue weighted by molar-refractivity contribution is 5.63. The molecule has 0 aliphatic heterocycles. The molecule has 3 nitrogen and oxygen atoms in total. The third kappa shape index (κ3) is 3.35. The van der Waals surface area contributed by atoms with E-state index >= 15 is 0 Å². The van der Waals surface area contributed by atoms with Crippen LogP contribution in [0.5, 0.6) is 5.75 Å². The minimum absolute atomic E-state index is 0.167. The van der Waals surface area contributed by atoms with E-state index in [-0.39, 0.29) is 12.1 Å². The van der Waals surface area contributed by atoms with Crippen molar-refractivity contribution in [2.45, 2.75) is 6.54 Å². The normalized spacial score (nSPS) is 10.6. The Balaban J connectivity index is 1.93. The van der Waals surface area contributed by atoms with Gasteiger partial charge in [-0.1, -0.05) is 18.2 Å². The van der Waals surface area contributed by atoms with Crippen molar-refractivity contribution >= 4 is 0 Å². The van der Waals surface area contributed by atoms with E-state index in [1.807, 2.05) is 24.3 Å². The maximum absolute atomic E-state index is 13.3. The molecule has 0 aliphatic rings. The van der Waals surface area contributed by atoms with Gasteiger partial charge in [-0.05, 0) is 47.0 Å². The minimum atomic E-state index is -0.924. The first kappa shape index (κ1) is 15.9. The standard InChI is InChI=1S/C19H15F2NO2/c1-24-16-6-3-14(4-7-16)15-5-9-19(23)22(12-15)11-13-2-8-17(20)18(21)10-13/h2-10,12H,11H2,1H3. The molecule has 3 rings (SSSR count). The Bertz CT molecular complexity index is 917. The maximum atomic E-state index is 13.3. The van der Waals surface area contributed by atoms with Gasteiger partial charge in [-0.15, -0.1) is 0 Å². The van der Waals surface area contributed by atoms with E-state index in [1.54, 1.807) is 19.4 Å². The van der Waals surface area contributed by atoms with Crippen molar-refractivity contribution in [2.75, 3.05) is 7.11 Å². The maximum Gasteiger partial charge on any atom is 0.250 e. The summed E-state index contributed by atoms with van der Waals surface area (Å²) >= 11 is 0. The van der Waals surface area contributed by atoms with Gasteiger partial charge < -0.3 is 9.30 Å². The van der Waals surface area contributed by atoms with Gasteiger partial charge in [-0.3, -0.25) is 4.79 Å². The van der Waals surface area contributed by atoms with Gasteiger partial charge in [0.15, 0.2) is 11.6 Å². The SMILES string of the molecule is COc1ccc(-c2ccc(=O)n(Cc3ccc(F)c(F)c3)c2)cc1. The van der Waals surface area contributed by atoms with E-state index in [9.17, 15) is 13.6 Å². The van der Waals surface area contributed by atoms with Crippen molar-refractivity contribution < 1.29 is 13.5 Å². The van der Waals surface area contributed by atoms with Gasteiger partial charge in [0.2, 0.25) is 0 Å². The van der Waals surface area contributed by atoms with Gasteiger partial charge in [0.05, 0.1) is 13.7 Å². The monoisotopic (exact) mass is 327 g/mol. The summed E-state index contributed by atoms with van der Waals surface area (Å²) in [7, 11) is 1.59. The molecule has 0 atom stereocenters. The number of methoxy groups -OCH3 is 1. The van der Waals surface area contributed by atoms with Crippen molar-refractivity contribution in [3.63, 3.8) is 0 Å². The third-order valence-electron chi connectivity index (χ3n) is 3.74. The minimum Gasteiger partial charge on any atom is -0.497 e. The van der Waals surface area contributed by atoms with Crippen LogP contribution in [0.1, 0.15) is 5.56 Å². The van der Waals surface area contributed by atoms with Crippen LogP contribution in [0, 0.1) is 11.6 Å². The largest absolute Gasteiger partial charge is 0.497 e. The van der Waals surface area contributed by atoms with Gasteiger partial charge >= 0.3 is 0 Å². The number of hydrogen-bond acceptors (Lipinski definition) is 2. The molecule has 0 bridgehead atoms. The van der Waals surface area contributed by atoms with Gasteiger partial charge in [0.25, 0.3) is 5.56 Å². The number of nitrogens with zero attached hydrogens (tertiary/aromatic N) is 1. The first-order valence-electron chi connectivity index (χ1n) is 7.35. The Morgan fingerprint density at radius 1 is 0.917 bits per heavy atom. The van der Waals surface area contributed by atoms with Crippen LogP contribution in [0.15, 0.2) is 65.6 Å². The number of aromatic nitrogens is 1. The number of rotatable bonds is 4. The van der Waals surface area contributed by atoms with Crippen LogP contribution in [-0.2, 0) is 6.54 Å². The third-order valence-corrected chi connectivity index (χ3v) is 3.74. The van der Waals surface area contributed by atoms with Crippen LogP contribution >= 0.6 is 0 Å². The predicted octanol–water partition coefficient (Wildman–Crippen LogP) is 3.85. The van der Waals surface area contributed by atoms with Crippen molar-refractivity contribution in [1.29, 1.82) is 0 Å². The smallest absolute Gasteiger partial charge is 0.250 e. The van der Waals surface area contributed by atoms with Crippen molar-refractivity contribution in [1.82, 2.24) is 4.57 Å². The van der Waals surface area contributed by atoms with E-state index in [0.717, 1.165) is 29.0 Å². The van der Waals surface area contributed by atoms with E-state index in [2.05, 4.69) is 0 Å². The molecular formula is C19H15F2NO2. The highest BCUT2D eigenvalue weighted by atomic mass is 19.2. The average Bonchev–Trinajstić information content (AvgIpc) is 2.60. The lowest BCUT2D eigenvalue weighted by Crippen LogP contribution is -2.19. The molecule has 0 amide bonds. The fraction of sp³-hybridized carbons (Fsp3) is 0.105. The topological polar surface area (TPSA) is 31.2 Å². The highest BCUT2D eigenvalue weighted by Gasteiger charge is 2.06. The van der Waals surface area contributed by atoms with Crippen molar-refractivity contribution in [2.24, 2.45) is 0 Å². The lowest BCUT2D eigenvalue weighted by Gasteiger charge is -2.09. The number of ether oxygens (including phenoxy) is 1. The molecule has 0 N–H and O–H groups in total. The van der Waals surface area contributed by atoms with E-state index in [0.29, 0.717) is 5.56 Å². The summed E-state index contributed by atoms with van der Waals surface area (Å²) in [6, 6.07) is 14.3. The molecule has 0 saturated heterocycles. The second-order valence-corrected chi connectivity index (χ2v) is 5.36. The van der Waals surface area contributed by atoms with Crippen LogP contribution in [0.25, 0.3) is 11.1 Å². The van der Waals surface area contributed by atoms with Gasteiger partial charge in [0, 0.05) is 12.3 Å².